The van der Waals surface area contributed by atoms with Crippen LogP contribution in [-0.2, 0) is 4.74 Å². The Labute approximate surface area is 103 Å². The Kier molecular flexibility index (Phi) is 3.46. The molecule has 2 unspecified atom stereocenters. The molecule has 0 aromatic rings. The third-order valence-corrected chi connectivity index (χ3v) is 5.57. The van der Waals surface area contributed by atoms with Gasteiger partial charge in [-0.2, -0.15) is 11.8 Å². The summed E-state index contributed by atoms with van der Waals surface area (Å²) in [5, 5.41) is 3.87. The van der Waals surface area contributed by atoms with Crippen LogP contribution < -0.4 is 5.32 Å². The van der Waals surface area contributed by atoms with Crippen molar-refractivity contribution in [2.45, 2.75) is 62.6 Å². The standard InChI is InChI=1S/C13H23NOS/c1-2-6-13(5-1)9-11(3-7-15-13)14-12-4-8-16-10-12/h11-12,14H,1-10H2. The first-order valence-corrected chi connectivity index (χ1v) is 8.00. The zero-order chi connectivity index (χ0) is 10.8. The summed E-state index contributed by atoms with van der Waals surface area (Å²) in [6.07, 6.45) is 9.25. The lowest BCUT2D eigenvalue weighted by Gasteiger charge is -2.39. The number of nitrogens with one attached hydrogen (secondary N) is 1. The molecule has 0 amide bonds. The summed E-state index contributed by atoms with van der Waals surface area (Å²) in [7, 11) is 0. The molecule has 1 N–H and O–H groups in total. The molecule has 1 aliphatic carbocycles. The minimum absolute atomic E-state index is 0.279. The van der Waals surface area contributed by atoms with E-state index < -0.39 is 0 Å². The van der Waals surface area contributed by atoms with Gasteiger partial charge in [-0.25, -0.2) is 0 Å². The fraction of sp³-hybridized carbons (Fsp3) is 1.00. The van der Waals surface area contributed by atoms with Crippen molar-refractivity contribution >= 4 is 11.8 Å². The summed E-state index contributed by atoms with van der Waals surface area (Å²) >= 11 is 2.10. The number of hydrogen-bond acceptors (Lipinski definition) is 3. The van der Waals surface area contributed by atoms with Crippen LogP contribution in [0, 0.1) is 0 Å². The Morgan fingerprint density at radius 3 is 2.75 bits per heavy atom. The molecule has 3 heteroatoms. The molecular weight excluding hydrogens is 218 g/mol. The minimum atomic E-state index is 0.279. The van der Waals surface area contributed by atoms with Crippen LogP contribution in [0.3, 0.4) is 0 Å². The molecule has 3 aliphatic rings. The predicted molar refractivity (Wildman–Crippen MR) is 69.0 cm³/mol. The topological polar surface area (TPSA) is 21.3 Å². The van der Waals surface area contributed by atoms with Gasteiger partial charge in [-0.05, 0) is 37.9 Å². The highest BCUT2D eigenvalue weighted by Gasteiger charge is 2.40. The summed E-state index contributed by atoms with van der Waals surface area (Å²) < 4.78 is 6.08. The lowest BCUT2D eigenvalue weighted by Crippen LogP contribution is -2.48. The van der Waals surface area contributed by atoms with E-state index in [0.29, 0.717) is 0 Å². The van der Waals surface area contributed by atoms with Gasteiger partial charge in [0.1, 0.15) is 0 Å². The van der Waals surface area contributed by atoms with E-state index in [1.54, 1.807) is 0 Å². The first-order valence-electron chi connectivity index (χ1n) is 6.84. The van der Waals surface area contributed by atoms with Gasteiger partial charge in [0.25, 0.3) is 0 Å². The molecule has 3 fully saturated rings. The van der Waals surface area contributed by atoms with Gasteiger partial charge in [0, 0.05) is 24.4 Å². The average Bonchev–Trinajstić information content (AvgIpc) is 2.91. The van der Waals surface area contributed by atoms with E-state index in [-0.39, 0.29) is 5.60 Å². The van der Waals surface area contributed by atoms with E-state index in [1.807, 2.05) is 0 Å². The van der Waals surface area contributed by atoms with Crippen LogP contribution in [0.2, 0.25) is 0 Å². The Bertz CT molecular complexity index is 234. The van der Waals surface area contributed by atoms with E-state index in [4.69, 9.17) is 4.74 Å². The summed E-state index contributed by atoms with van der Waals surface area (Å²) in [6, 6.07) is 1.52. The van der Waals surface area contributed by atoms with E-state index in [9.17, 15) is 0 Å². The molecule has 16 heavy (non-hydrogen) atoms. The lowest BCUT2D eigenvalue weighted by atomic mass is 9.88. The van der Waals surface area contributed by atoms with Crippen molar-refractivity contribution in [1.29, 1.82) is 0 Å². The molecule has 0 aromatic heterocycles. The van der Waals surface area contributed by atoms with Gasteiger partial charge in [-0.3, -0.25) is 0 Å². The van der Waals surface area contributed by atoms with Gasteiger partial charge < -0.3 is 10.1 Å². The molecule has 2 saturated heterocycles. The van der Waals surface area contributed by atoms with Crippen molar-refractivity contribution in [1.82, 2.24) is 5.32 Å². The van der Waals surface area contributed by atoms with Crippen LogP contribution in [0.5, 0.6) is 0 Å². The summed E-state index contributed by atoms with van der Waals surface area (Å²) in [4.78, 5) is 0. The highest BCUT2D eigenvalue weighted by Crippen LogP contribution is 2.40. The first-order chi connectivity index (χ1) is 7.86. The third kappa shape index (κ3) is 2.41. The Morgan fingerprint density at radius 2 is 2.00 bits per heavy atom. The summed E-state index contributed by atoms with van der Waals surface area (Å²) in [5.74, 6) is 2.68. The zero-order valence-corrected chi connectivity index (χ0v) is 10.9. The van der Waals surface area contributed by atoms with Crippen molar-refractivity contribution in [3.8, 4) is 0 Å². The molecule has 0 radical (unpaired) electrons. The van der Waals surface area contributed by atoms with E-state index in [1.165, 1.54) is 56.5 Å². The largest absolute Gasteiger partial charge is 0.375 e. The molecular formula is C13H23NOS. The van der Waals surface area contributed by atoms with Crippen molar-refractivity contribution in [3.63, 3.8) is 0 Å². The molecule has 2 aliphatic heterocycles. The molecule has 1 saturated carbocycles. The Balaban J connectivity index is 1.55. The second kappa shape index (κ2) is 4.87. The predicted octanol–water partition coefficient (Wildman–Crippen LogP) is 2.57. The monoisotopic (exact) mass is 241 g/mol. The van der Waals surface area contributed by atoms with Crippen LogP contribution >= 0.6 is 11.8 Å². The highest BCUT2D eigenvalue weighted by atomic mass is 32.2. The van der Waals surface area contributed by atoms with Gasteiger partial charge in [-0.1, -0.05) is 12.8 Å². The maximum atomic E-state index is 6.08. The number of thioether (sulfide) groups is 1. The smallest absolute Gasteiger partial charge is 0.0697 e. The van der Waals surface area contributed by atoms with Crippen LogP contribution in [0.25, 0.3) is 0 Å². The van der Waals surface area contributed by atoms with Gasteiger partial charge in [0.15, 0.2) is 0 Å². The first kappa shape index (κ1) is 11.4. The zero-order valence-electron chi connectivity index (χ0n) is 10.0. The minimum Gasteiger partial charge on any atom is -0.375 e. The summed E-state index contributed by atoms with van der Waals surface area (Å²) in [5.41, 5.74) is 0.279. The van der Waals surface area contributed by atoms with Crippen LogP contribution in [-0.4, -0.2) is 35.8 Å². The third-order valence-electron chi connectivity index (χ3n) is 4.41. The molecule has 2 nitrogen and oxygen atoms in total. The van der Waals surface area contributed by atoms with Crippen LogP contribution in [0.1, 0.15) is 44.9 Å². The Hall–Kier alpha value is 0.270. The normalized spacial score (nSPS) is 38.2. The van der Waals surface area contributed by atoms with Crippen molar-refractivity contribution < 1.29 is 4.74 Å². The van der Waals surface area contributed by atoms with Crippen molar-refractivity contribution in [3.05, 3.63) is 0 Å². The van der Waals surface area contributed by atoms with E-state index >= 15 is 0 Å². The second-order valence-corrected chi connectivity index (χ2v) is 6.81. The van der Waals surface area contributed by atoms with Gasteiger partial charge >= 0.3 is 0 Å². The fourth-order valence-electron chi connectivity index (χ4n) is 3.54. The van der Waals surface area contributed by atoms with Gasteiger partial charge in [0.2, 0.25) is 0 Å². The number of hydrogen-bond donors (Lipinski definition) is 1. The molecule has 2 heterocycles. The quantitative estimate of drug-likeness (QED) is 0.803. The van der Waals surface area contributed by atoms with E-state index in [0.717, 1.165) is 18.7 Å². The molecule has 2 atom stereocenters. The van der Waals surface area contributed by atoms with Crippen LogP contribution in [0.4, 0.5) is 0 Å². The molecule has 0 bridgehead atoms. The molecule has 92 valence electrons. The fourth-order valence-corrected chi connectivity index (χ4v) is 4.70. The molecule has 3 rings (SSSR count). The van der Waals surface area contributed by atoms with Crippen molar-refractivity contribution in [2.24, 2.45) is 0 Å². The maximum Gasteiger partial charge on any atom is 0.0697 e. The second-order valence-electron chi connectivity index (χ2n) is 5.66. The lowest BCUT2D eigenvalue weighted by molar-refractivity contribution is -0.0844. The average molecular weight is 241 g/mol. The highest BCUT2D eigenvalue weighted by molar-refractivity contribution is 7.99. The maximum absolute atomic E-state index is 6.08. The van der Waals surface area contributed by atoms with Crippen molar-refractivity contribution in [2.75, 3.05) is 18.1 Å². The summed E-state index contributed by atoms with van der Waals surface area (Å²) in [6.45, 7) is 0.984. The molecule has 0 aromatic carbocycles. The number of rotatable bonds is 2. The SMILES string of the molecule is C1CCC2(C1)CC(NC1CCSC1)CCO2. The van der Waals surface area contributed by atoms with Gasteiger partial charge in [-0.15, -0.1) is 0 Å². The number of ether oxygens (including phenoxy) is 1. The van der Waals surface area contributed by atoms with Crippen LogP contribution in [0.15, 0.2) is 0 Å². The van der Waals surface area contributed by atoms with E-state index in [2.05, 4.69) is 17.1 Å². The Morgan fingerprint density at radius 1 is 1.12 bits per heavy atom. The molecule has 1 spiro atoms. The van der Waals surface area contributed by atoms with Gasteiger partial charge in [0.05, 0.1) is 5.60 Å².